The molecule has 3 heterocycles. The summed E-state index contributed by atoms with van der Waals surface area (Å²) in [7, 11) is 0. The molecular weight excluding hydrogens is 425 g/mol. The Bertz CT molecular complexity index is 1380. The number of ether oxygens (including phenoxy) is 1. The number of aromatic nitrogens is 4. The zero-order valence-corrected chi connectivity index (χ0v) is 16.4. The number of rotatable bonds is 5. The van der Waals surface area contributed by atoms with Gasteiger partial charge >= 0.3 is 0 Å². The summed E-state index contributed by atoms with van der Waals surface area (Å²) in [6, 6.07) is -2.42. The van der Waals surface area contributed by atoms with Crippen molar-refractivity contribution in [3.8, 4) is 0 Å². The fraction of sp³-hybridized carbons (Fsp3) is 0.476. The topological polar surface area (TPSA) is 97.1 Å². The molecule has 3 atom stereocenters. The first-order valence-corrected chi connectivity index (χ1v) is 9.74. The minimum absolute atomic E-state index is 0.0545. The molecular formula is C21H23F3N6O2. The van der Waals surface area contributed by atoms with Gasteiger partial charge in [-0.1, -0.05) is 0 Å². The van der Waals surface area contributed by atoms with Gasteiger partial charge in [-0.15, -0.1) is 0 Å². The van der Waals surface area contributed by atoms with E-state index in [1.165, 1.54) is 4.57 Å². The normalized spacial score (nSPS) is 36.8. The fourth-order valence-electron chi connectivity index (χ4n) is 3.50. The molecule has 1 saturated carbocycles. The van der Waals surface area contributed by atoms with Crippen molar-refractivity contribution in [1.29, 1.82) is 0 Å². The number of anilines is 3. The first-order valence-electron chi connectivity index (χ1n) is 13.4. The van der Waals surface area contributed by atoms with E-state index in [4.69, 9.17) is 14.3 Å². The summed E-state index contributed by atoms with van der Waals surface area (Å²) >= 11 is 0. The lowest BCUT2D eigenvalue weighted by Crippen LogP contribution is -2.29. The van der Waals surface area contributed by atoms with Crippen molar-refractivity contribution in [3.05, 3.63) is 35.8 Å². The van der Waals surface area contributed by atoms with Gasteiger partial charge in [0, 0.05) is 33.0 Å². The summed E-state index contributed by atoms with van der Waals surface area (Å²) < 4.78 is 107. The summed E-state index contributed by atoms with van der Waals surface area (Å²) in [5.74, 6) is -4.08. The zero-order chi connectivity index (χ0) is 28.5. The van der Waals surface area contributed by atoms with Crippen molar-refractivity contribution in [1.82, 2.24) is 19.5 Å². The minimum Gasteiger partial charge on any atom is -0.393 e. The second-order valence-corrected chi connectivity index (χ2v) is 7.21. The molecule has 3 N–H and O–H groups in total. The van der Waals surface area contributed by atoms with Crippen molar-refractivity contribution in [2.45, 2.75) is 50.1 Å². The number of hydrogen-bond acceptors (Lipinski definition) is 7. The van der Waals surface area contributed by atoms with Crippen LogP contribution in [0.3, 0.4) is 0 Å². The number of fused-ring (bicyclic) bond motifs is 1. The largest absolute Gasteiger partial charge is 0.393 e. The van der Waals surface area contributed by atoms with Crippen LogP contribution in [0.15, 0.2) is 18.3 Å². The van der Waals surface area contributed by atoms with Crippen LogP contribution in [0.2, 0.25) is 0 Å². The van der Waals surface area contributed by atoms with E-state index in [2.05, 4.69) is 25.6 Å². The number of nitrogens with one attached hydrogen (secondary N) is 2. The standard InChI is InChI=1S/C21H23F3N6O2/c22-11-7-15(23)18(16(24)8-11)28-21-27-17-9-25-20(26-12-1-3-14(31)4-2-12)29-19(17)30(21)13-5-6-32-10-13/h7-9,12-14,31H,1-6,10H2,(H,27,28)(H,25,26,29)/i1D2,2D2,3D,4D,12D. The molecule has 1 aliphatic carbocycles. The number of halogens is 3. The molecule has 0 spiro atoms. The number of benzene rings is 1. The molecule has 3 aromatic rings. The lowest BCUT2D eigenvalue weighted by Gasteiger charge is -2.26. The Hall–Kier alpha value is -2.92. The predicted octanol–water partition coefficient (Wildman–Crippen LogP) is 3.66. The Morgan fingerprint density at radius 2 is 1.94 bits per heavy atom. The highest BCUT2D eigenvalue weighted by atomic mass is 19.1. The van der Waals surface area contributed by atoms with Gasteiger partial charge in [-0.05, 0) is 32.0 Å². The molecule has 2 fully saturated rings. The van der Waals surface area contributed by atoms with Crippen LogP contribution >= 0.6 is 0 Å². The summed E-state index contributed by atoms with van der Waals surface area (Å²) in [6.45, 7) is 0.529. The quantitative estimate of drug-likeness (QED) is 0.540. The predicted molar refractivity (Wildman–Crippen MR) is 111 cm³/mol. The summed E-state index contributed by atoms with van der Waals surface area (Å²) in [5.41, 5.74) is -0.508. The van der Waals surface area contributed by atoms with Gasteiger partial charge in [0.05, 0.1) is 26.3 Å². The Kier molecular flexibility index (Phi) is 3.81. The van der Waals surface area contributed by atoms with E-state index in [1.54, 1.807) is 0 Å². The van der Waals surface area contributed by atoms with E-state index >= 15 is 0 Å². The van der Waals surface area contributed by atoms with E-state index in [0.717, 1.165) is 6.20 Å². The lowest BCUT2D eigenvalue weighted by molar-refractivity contribution is 0.126. The molecule has 11 heteroatoms. The molecule has 0 amide bonds. The molecule has 2 aliphatic rings. The van der Waals surface area contributed by atoms with Gasteiger partial charge in [0.25, 0.3) is 0 Å². The molecule has 170 valence electrons. The molecule has 1 aromatic carbocycles. The van der Waals surface area contributed by atoms with Crippen LogP contribution in [0.1, 0.15) is 47.6 Å². The molecule has 1 saturated heterocycles. The number of aliphatic hydroxyl groups is 1. The average molecular weight is 455 g/mol. The van der Waals surface area contributed by atoms with E-state index in [0.29, 0.717) is 25.2 Å². The minimum atomic E-state index is -3.00. The Balaban J connectivity index is 1.60. The fourth-order valence-corrected chi connectivity index (χ4v) is 3.50. The highest BCUT2D eigenvalue weighted by molar-refractivity contribution is 5.76. The maximum Gasteiger partial charge on any atom is 0.224 e. The van der Waals surface area contributed by atoms with Crippen molar-refractivity contribution >= 4 is 28.7 Å². The second-order valence-electron chi connectivity index (χ2n) is 7.21. The monoisotopic (exact) mass is 455 g/mol. The first kappa shape index (κ1) is 14.3. The van der Waals surface area contributed by atoms with E-state index < -0.39 is 72.8 Å². The maximum absolute atomic E-state index is 14.4. The highest BCUT2D eigenvalue weighted by Gasteiger charge is 2.27. The second kappa shape index (κ2) is 8.55. The molecule has 0 bridgehead atoms. The van der Waals surface area contributed by atoms with Crippen LogP contribution < -0.4 is 10.6 Å². The molecule has 32 heavy (non-hydrogen) atoms. The molecule has 3 unspecified atom stereocenters. The van der Waals surface area contributed by atoms with Gasteiger partial charge in [0.15, 0.2) is 17.3 Å². The summed E-state index contributed by atoms with van der Waals surface area (Å²) in [4.78, 5) is 12.5. The average Bonchev–Trinajstić information content (AvgIpc) is 3.51. The number of aliphatic hydroxyl groups excluding tert-OH is 1. The van der Waals surface area contributed by atoms with Crippen LogP contribution in [-0.2, 0) is 4.74 Å². The van der Waals surface area contributed by atoms with Gasteiger partial charge < -0.3 is 20.5 Å². The first-order chi connectivity index (χ1) is 18.2. The molecule has 8 nitrogen and oxygen atoms in total. The van der Waals surface area contributed by atoms with Crippen LogP contribution in [0.25, 0.3) is 11.2 Å². The van der Waals surface area contributed by atoms with Gasteiger partial charge in [-0.25, -0.2) is 23.1 Å². The van der Waals surface area contributed by atoms with Crippen molar-refractivity contribution in [2.75, 3.05) is 23.8 Å². The SMILES string of the molecule is [2H]C1C(O)C([2H])C([2H])([2H])C([2H])(Nc2ncc3nc(Nc4c(F)cc(F)cc4F)n(C4CCOC4)c3n2)C1([2H])[2H]. The van der Waals surface area contributed by atoms with Crippen LogP contribution in [0.5, 0.6) is 0 Å². The number of nitrogens with zero attached hydrogens (tertiary/aromatic N) is 4. The third kappa shape index (κ3) is 4.09. The summed E-state index contributed by atoms with van der Waals surface area (Å²) in [5, 5.41) is 14.9. The zero-order valence-electron chi connectivity index (χ0n) is 23.4. The van der Waals surface area contributed by atoms with E-state index in [-0.39, 0.29) is 23.7 Å². The molecule has 1 aliphatic heterocycles. The van der Waals surface area contributed by atoms with Crippen molar-refractivity contribution in [3.63, 3.8) is 0 Å². The van der Waals surface area contributed by atoms with Crippen LogP contribution in [-0.4, -0.2) is 50.0 Å². The van der Waals surface area contributed by atoms with E-state index in [1.807, 2.05) is 0 Å². The number of hydrogen-bond donors (Lipinski definition) is 3. The van der Waals surface area contributed by atoms with Crippen LogP contribution in [0, 0.1) is 17.5 Å². The third-order valence-corrected chi connectivity index (χ3v) is 4.98. The Morgan fingerprint density at radius 3 is 2.62 bits per heavy atom. The van der Waals surface area contributed by atoms with E-state index in [9.17, 15) is 18.3 Å². The van der Waals surface area contributed by atoms with Gasteiger partial charge in [0.2, 0.25) is 11.9 Å². The number of imidazole rings is 1. The maximum atomic E-state index is 14.4. The Labute approximate surface area is 191 Å². The smallest absolute Gasteiger partial charge is 0.224 e. The van der Waals surface area contributed by atoms with Gasteiger partial charge in [-0.2, -0.15) is 4.98 Å². The third-order valence-electron chi connectivity index (χ3n) is 4.98. The lowest BCUT2D eigenvalue weighted by atomic mass is 9.93. The van der Waals surface area contributed by atoms with Gasteiger partial charge in [0.1, 0.15) is 17.0 Å². The Morgan fingerprint density at radius 1 is 1.19 bits per heavy atom. The summed E-state index contributed by atoms with van der Waals surface area (Å²) in [6.07, 6.45) is -10.5. The van der Waals surface area contributed by atoms with Gasteiger partial charge in [-0.3, -0.25) is 4.57 Å². The van der Waals surface area contributed by atoms with Crippen LogP contribution in [0.4, 0.5) is 30.8 Å². The highest BCUT2D eigenvalue weighted by Crippen LogP contribution is 2.32. The molecule has 2 aromatic heterocycles. The van der Waals surface area contributed by atoms with Crippen molar-refractivity contribution in [2.24, 2.45) is 0 Å². The molecule has 0 radical (unpaired) electrons. The molecule has 5 rings (SSSR count). The van der Waals surface area contributed by atoms with Crippen molar-refractivity contribution < 1.29 is 32.6 Å².